The Morgan fingerprint density at radius 3 is 2.67 bits per heavy atom. The third-order valence-corrected chi connectivity index (χ3v) is 2.99. The lowest BCUT2D eigenvalue weighted by Crippen LogP contribution is -2.25. The molecule has 1 aromatic carbocycles. The first-order valence-corrected chi connectivity index (χ1v) is 6.05. The summed E-state index contributed by atoms with van der Waals surface area (Å²) in [6, 6.07) is 8.05. The smallest absolute Gasteiger partial charge is 0.120 e. The maximum absolute atomic E-state index is 5.64. The fraction of sp³-hybridized carbons (Fsp3) is 0.500. The molecule has 0 N–H and O–H groups in total. The quantitative estimate of drug-likeness (QED) is 0.773. The Kier molecular flexibility index (Phi) is 4.86. The Morgan fingerprint density at radius 1 is 1.33 bits per heavy atom. The van der Waals surface area contributed by atoms with Gasteiger partial charge in [0.25, 0.3) is 0 Å². The summed E-state index contributed by atoms with van der Waals surface area (Å²) in [5, 5.41) is 0. The van der Waals surface area contributed by atoms with Crippen LogP contribution < -0.4 is 4.74 Å². The topological polar surface area (TPSA) is 18.5 Å². The number of benzene rings is 1. The number of halogens is 1. The lowest BCUT2D eigenvalue weighted by Gasteiger charge is -2.22. The predicted octanol–water partition coefficient (Wildman–Crippen LogP) is 3.49. The van der Waals surface area contributed by atoms with Crippen molar-refractivity contribution < 1.29 is 9.47 Å². The molecule has 1 rings (SSSR count). The fourth-order valence-corrected chi connectivity index (χ4v) is 1.59. The monoisotopic (exact) mass is 320 g/mol. The van der Waals surface area contributed by atoms with Crippen molar-refractivity contribution in [3.63, 3.8) is 0 Å². The summed E-state index contributed by atoms with van der Waals surface area (Å²) in [4.78, 5) is 0. The van der Waals surface area contributed by atoms with Gasteiger partial charge >= 0.3 is 0 Å². The van der Waals surface area contributed by atoms with Gasteiger partial charge < -0.3 is 9.47 Å². The van der Waals surface area contributed by atoms with Crippen LogP contribution in [-0.4, -0.2) is 19.3 Å². The van der Waals surface area contributed by atoms with Gasteiger partial charge in [-0.05, 0) is 54.6 Å². The van der Waals surface area contributed by atoms with E-state index in [4.69, 9.17) is 9.47 Å². The first-order valence-electron chi connectivity index (χ1n) is 4.97. The molecule has 0 unspecified atom stereocenters. The molecule has 0 aliphatic rings. The van der Waals surface area contributed by atoms with E-state index < -0.39 is 0 Å². The molecule has 2 nitrogen and oxygen atoms in total. The van der Waals surface area contributed by atoms with E-state index in [2.05, 4.69) is 36.4 Å². The number of ether oxygens (including phenoxy) is 2. The van der Waals surface area contributed by atoms with Crippen molar-refractivity contribution in [3.8, 4) is 5.75 Å². The van der Waals surface area contributed by atoms with E-state index in [1.54, 1.807) is 7.11 Å². The molecule has 0 spiro atoms. The minimum absolute atomic E-state index is 0.109. The Morgan fingerprint density at radius 2 is 2.07 bits per heavy atom. The molecule has 0 aliphatic heterocycles. The van der Waals surface area contributed by atoms with Crippen LogP contribution >= 0.6 is 22.6 Å². The van der Waals surface area contributed by atoms with Crippen LogP contribution in [0, 0.1) is 3.57 Å². The van der Waals surface area contributed by atoms with Gasteiger partial charge in [-0.1, -0.05) is 6.07 Å². The van der Waals surface area contributed by atoms with Crippen molar-refractivity contribution >= 4 is 22.6 Å². The van der Waals surface area contributed by atoms with E-state index in [-0.39, 0.29) is 5.60 Å². The van der Waals surface area contributed by atoms with Gasteiger partial charge in [0.05, 0.1) is 12.2 Å². The number of methoxy groups -OCH3 is 1. The molecule has 0 saturated carbocycles. The second kappa shape index (κ2) is 5.70. The maximum Gasteiger partial charge on any atom is 0.120 e. The molecule has 84 valence electrons. The highest BCUT2D eigenvalue weighted by Gasteiger charge is 2.15. The van der Waals surface area contributed by atoms with E-state index in [0.29, 0.717) is 6.61 Å². The Labute approximate surface area is 105 Å². The second-order valence-electron chi connectivity index (χ2n) is 4.02. The van der Waals surface area contributed by atoms with Gasteiger partial charge in [-0.2, -0.15) is 0 Å². The van der Waals surface area contributed by atoms with E-state index in [9.17, 15) is 0 Å². The molecule has 0 fully saturated rings. The third kappa shape index (κ3) is 4.84. The zero-order valence-electron chi connectivity index (χ0n) is 9.42. The number of hydrogen-bond acceptors (Lipinski definition) is 2. The van der Waals surface area contributed by atoms with E-state index in [1.165, 1.54) is 3.57 Å². The molecular formula is C12H17IO2. The Bertz CT molecular complexity index is 310. The Balaban J connectivity index is 2.38. The highest BCUT2D eigenvalue weighted by Crippen LogP contribution is 2.17. The fourth-order valence-electron chi connectivity index (χ4n) is 1.07. The van der Waals surface area contributed by atoms with Crippen molar-refractivity contribution in [2.75, 3.05) is 13.7 Å². The van der Waals surface area contributed by atoms with Crippen molar-refractivity contribution in [3.05, 3.63) is 27.8 Å². The SMILES string of the molecule is COC(C)(C)CCOc1cccc(I)c1. The van der Waals surface area contributed by atoms with E-state index in [0.717, 1.165) is 12.2 Å². The van der Waals surface area contributed by atoms with Gasteiger partial charge in [0.1, 0.15) is 5.75 Å². The molecule has 0 bridgehead atoms. The molecular weight excluding hydrogens is 303 g/mol. The average Bonchev–Trinajstić information content (AvgIpc) is 2.18. The van der Waals surface area contributed by atoms with Crippen molar-refractivity contribution in [2.45, 2.75) is 25.9 Å². The van der Waals surface area contributed by atoms with Gasteiger partial charge in [-0.25, -0.2) is 0 Å². The first kappa shape index (κ1) is 12.8. The summed E-state index contributed by atoms with van der Waals surface area (Å²) < 4.78 is 12.1. The first-order chi connectivity index (χ1) is 7.03. The average molecular weight is 320 g/mol. The van der Waals surface area contributed by atoms with Crippen LogP contribution in [0.4, 0.5) is 0 Å². The van der Waals surface area contributed by atoms with E-state index >= 15 is 0 Å². The molecule has 1 aromatic rings. The highest BCUT2D eigenvalue weighted by molar-refractivity contribution is 14.1. The minimum Gasteiger partial charge on any atom is -0.493 e. The molecule has 0 saturated heterocycles. The molecule has 0 heterocycles. The lowest BCUT2D eigenvalue weighted by molar-refractivity contribution is 0.00545. The summed E-state index contributed by atoms with van der Waals surface area (Å²) >= 11 is 2.28. The second-order valence-corrected chi connectivity index (χ2v) is 5.27. The van der Waals surface area contributed by atoms with Gasteiger partial charge in [0, 0.05) is 17.1 Å². The van der Waals surface area contributed by atoms with Crippen molar-refractivity contribution in [1.29, 1.82) is 0 Å². The molecule has 15 heavy (non-hydrogen) atoms. The van der Waals surface area contributed by atoms with Crippen molar-refractivity contribution in [1.82, 2.24) is 0 Å². The maximum atomic E-state index is 5.64. The van der Waals surface area contributed by atoms with Crippen LogP contribution in [-0.2, 0) is 4.74 Å². The zero-order valence-corrected chi connectivity index (χ0v) is 11.6. The van der Waals surface area contributed by atoms with Gasteiger partial charge in [-0.15, -0.1) is 0 Å². The molecule has 0 aromatic heterocycles. The summed E-state index contributed by atoms with van der Waals surface area (Å²) in [5.74, 6) is 0.925. The van der Waals surface area contributed by atoms with Gasteiger partial charge in [-0.3, -0.25) is 0 Å². The van der Waals surface area contributed by atoms with E-state index in [1.807, 2.05) is 24.3 Å². The highest BCUT2D eigenvalue weighted by atomic mass is 127. The third-order valence-electron chi connectivity index (χ3n) is 2.32. The van der Waals surface area contributed by atoms with Crippen LogP contribution in [0.3, 0.4) is 0 Å². The number of hydrogen-bond donors (Lipinski definition) is 0. The van der Waals surface area contributed by atoms with Crippen LogP contribution in [0.15, 0.2) is 24.3 Å². The lowest BCUT2D eigenvalue weighted by atomic mass is 10.1. The molecule has 0 atom stereocenters. The molecule has 0 radical (unpaired) electrons. The van der Waals surface area contributed by atoms with Crippen molar-refractivity contribution in [2.24, 2.45) is 0 Å². The van der Waals surface area contributed by atoms with Crippen LogP contribution in [0.2, 0.25) is 0 Å². The molecule has 3 heteroatoms. The summed E-state index contributed by atoms with van der Waals surface area (Å²) in [6.07, 6.45) is 0.884. The predicted molar refractivity (Wildman–Crippen MR) is 70.4 cm³/mol. The summed E-state index contributed by atoms with van der Waals surface area (Å²) in [5.41, 5.74) is -0.109. The Hall–Kier alpha value is -0.290. The zero-order chi connectivity index (χ0) is 11.3. The summed E-state index contributed by atoms with van der Waals surface area (Å²) in [7, 11) is 1.73. The standard InChI is InChI=1S/C12H17IO2/c1-12(2,14-3)7-8-15-11-6-4-5-10(13)9-11/h4-6,9H,7-8H2,1-3H3. The van der Waals surface area contributed by atoms with Crippen LogP contribution in [0.1, 0.15) is 20.3 Å². The van der Waals surface area contributed by atoms with Gasteiger partial charge in [0.2, 0.25) is 0 Å². The molecule has 0 aliphatic carbocycles. The largest absolute Gasteiger partial charge is 0.493 e. The number of rotatable bonds is 5. The van der Waals surface area contributed by atoms with Crippen LogP contribution in [0.25, 0.3) is 0 Å². The normalized spacial score (nSPS) is 11.5. The van der Waals surface area contributed by atoms with Gasteiger partial charge in [0.15, 0.2) is 0 Å². The van der Waals surface area contributed by atoms with Crippen LogP contribution in [0.5, 0.6) is 5.75 Å². The summed E-state index contributed by atoms with van der Waals surface area (Å²) in [6.45, 7) is 4.80. The minimum atomic E-state index is -0.109. The molecule has 0 amide bonds.